The van der Waals surface area contributed by atoms with Gasteiger partial charge in [-0.25, -0.2) is 0 Å². The van der Waals surface area contributed by atoms with Crippen LogP contribution in [0.1, 0.15) is 51.4 Å². The van der Waals surface area contributed by atoms with Crippen LogP contribution in [0.2, 0.25) is 0 Å². The summed E-state index contributed by atoms with van der Waals surface area (Å²) < 4.78 is 5.40. The van der Waals surface area contributed by atoms with Crippen molar-refractivity contribution in [3.63, 3.8) is 0 Å². The third-order valence-corrected chi connectivity index (χ3v) is 7.33. The van der Waals surface area contributed by atoms with Gasteiger partial charge in [-0.3, -0.25) is 14.5 Å². The highest BCUT2D eigenvalue weighted by molar-refractivity contribution is 5.85. The Bertz CT molecular complexity index is 537. The molecule has 0 atom stereocenters. The maximum Gasteiger partial charge on any atom is 0.229 e. The molecule has 2 amide bonds. The monoisotopic (exact) mass is 377 g/mol. The van der Waals surface area contributed by atoms with Crippen molar-refractivity contribution in [3.8, 4) is 0 Å². The van der Waals surface area contributed by atoms with E-state index in [1.165, 1.54) is 19.3 Å². The van der Waals surface area contributed by atoms with E-state index >= 15 is 0 Å². The highest BCUT2D eigenvalue weighted by Crippen LogP contribution is 2.30. The van der Waals surface area contributed by atoms with Gasteiger partial charge in [-0.15, -0.1) is 0 Å². The zero-order valence-corrected chi connectivity index (χ0v) is 16.8. The largest absolute Gasteiger partial charge is 0.381 e. The second-order valence-electron chi connectivity index (χ2n) is 8.95. The lowest BCUT2D eigenvalue weighted by Crippen LogP contribution is -2.58. The van der Waals surface area contributed by atoms with E-state index in [0.717, 1.165) is 64.3 Å². The molecule has 27 heavy (non-hydrogen) atoms. The molecule has 6 nitrogen and oxygen atoms in total. The molecule has 4 aliphatic rings. The van der Waals surface area contributed by atoms with Gasteiger partial charge in [-0.1, -0.05) is 6.42 Å². The molecule has 0 spiro atoms. The van der Waals surface area contributed by atoms with Gasteiger partial charge in [0.1, 0.15) is 0 Å². The number of nitrogens with zero attached hydrogens (tertiary/aromatic N) is 3. The van der Waals surface area contributed by atoms with Gasteiger partial charge in [-0.2, -0.15) is 0 Å². The second-order valence-corrected chi connectivity index (χ2v) is 8.95. The number of carbonyl (C=O) groups excluding carboxylic acids is 2. The molecule has 4 fully saturated rings. The molecular weight excluding hydrogens is 342 g/mol. The molecule has 0 aromatic heterocycles. The zero-order chi connectivity index (χ0) is 18.8. The van der Waals surface area contributed by atoms with E-state index in [1.54, 1.807) is 7.11 Å². The maximum absolute atomic E-state index is 12.9. The SMILES string of the molecule is COC1CCC(C(=O)N2CC(C(=O)N3CCCN(C4CCC4)CC3)C2)CC1. The van der Waals surface area contributed by atoms with Gasteiger partial charge in [0.05, 0.1) is 12.0 Å². The molecule has 0 radical (unpaired) electrons. The van der Waals surface area contributed by atoms with Crippen molar-refractivity contribution >= 4 is 11.8 Å². The molecular formula is C21H35N3O3. The van der Waals surface area contributed by atoms with E-state index in [1.807, 2.05) is 4.90 Å². The van der Waals surface area contributed by atoms with E-state index in [0.29, 0.717) is 19.2 Å². The number of hydrogen-bond acceptors (Lipinski definition) is 4. The van der Waals surface area contributed by atoms with Gasteiger partial charge in [-0.05, 0) is 44.9 Å². The number of ether oxygens (including phenoxy) is 1. The Labute approximate surface area is 163 Å². The predicted octanol–water partition coefficient (Wildman–Crippen LogP) is 1.74. The average molecular weight is 378 g/mol. The van der Waals surface area contributed by atoms with Gasteiger partial charge < -0.3 is 14.5 Å². The Morgan fingerprint density at radius 3 is 2.07 bits per heavy atom. The fourth-order valence-corrected chi connectivity index (χ4v) is 5.15. The first-order valence-corrected chi connectivity index (χ1v) is 11.0. The van der Waals surface area contributed by atoms with Crippen LogP contribution in [0.25, 0.3) is 0 Å². The van der Waals surface area contributed by atoms with Crippen molar-refractivity contribution in [3.05, 3.63) is 0 Å². The Hall–Kier alpha value is -1.14. The lowest BCUT2D eigenvalue weighted by molar-refractivity contribution is -0.151. The molecule has 0 N–H and O–H groups in total. The maximum atomic E-state index is 12.9. The van der Waals surface area contributed by atoms with Gasteiger partial charge in [0, 0.05) is 58.3 Å². The summed E-state index contributed by atoms with van der Waals surface area (Å²) in [5, 5.41) is 0. The van der Waals surface area contributed by atoms with Crippen LogP contribution in [0.5, 0.6) is 0 Å². The fraction of sp³-hybridized carbons (Fsp3) is 0.905. The lowest BCUT2D eigenvalue weighted by atomic mass is 9.85. The number of hydrogen-bond donors (Lipinski definition) is 0. The van der Waals surface area contributed by atoms with Crippen molar-refractivity contribution in [1.29, 1.82) is 0 Å². The van der Waals surface area contributed by atoms with Crippen molar-refractivity contribution in [1.82, 2.24) is 14.7 Å². The van der Waals surface area contributed by atoms with E-state index in [2.05, 4.69) is 9.80 Å². The van der Waals surface area contributed by atoms with Crippen LogP contribution in [0.15, 0.2) is 0 Å². The molecule has 0 aromatic carbocycles. The smallest absolute Gasteiger partial charge is 0.229 e. The lowest BCUT2D eigenvalue weighted by Gasteiger charge is -2.43. The number of likely N-dealkylation sites (tertiary alicyclic amines) is 1. The Balaban J connectivity index is 1.21. The third-order valence-electron chi connectivity index (χ3n) is 7.33. The summed E-state index contributed by atoms with van der Waals surface area (Å²) in [4.78, 5) is 32.1. The number of carbonyl (C=O) groups is 2. The molecule has 2 aliphatic carbocycles. The summed E-state index contributed by atoms with van der Waals surface area (Å²) in [5.74, 6) is 0.708. The minimum absolute atomic E-state index is 0.0273. The van der Waals surface area contributed by atoms with Crippen LogP contribution in [-0.2, 0) is 14.3 Å². The first-order chi connectivity index (χ1) is 13.2. The van der Waals surface area contributed by atoms with Crippen LogP contribution in [-0.4, -0.2) is 85.0 Å². The van der Waals surface area contributed by atoms with Crippen molar-refractivity contribution in [2.24, 2.45) is 11.8 Å². The van der Waals surface area contributed by atoms with Crippen LogP contribution in [0.3, 0.4) is 0 Å². The molecule has 2 heterocycles. The highest BCUT2D eigenvalue weighted by Gasteiger charge is 2.41. The number of amides is 2. The minimum atomic E-state index is 0.0273. The summed E-state index contributed by atoms with van der Waals surface area (Å²) in [7, 11) is 1.76. The Kier molecular flexibility index (Phi) is 6.02. The predicted molar refractivity (Wildman–Crippen MR) is 103 cm³/mol. The third kappa shape index (κ3) is 4.16. The normalized spacial score (nSPS) is 31.1. The average Bonchev–Trinajstić information content (AvgIpc) is 2.85. The fourth-order valence-electron chi connectivity index (χ4n) is 5.15. The topological polar surface area (TPSA) is 53.1 Å². The van der Waals surface area contributed by atoms with Gasteiger partial charge in [0.25, 0.3) is 0 Å². The summed E-state index contributed by atoms with van der Waals surface area (Å²) in [6, 6.07) is 0.769. The standard InChI is InChI=1S/C21H35N3O3/c1-27-19-8-6-16(7-9-19)20(25)24-14-17(15-24)21(26)23-11-3-10-22(12-13-23)18-4-2-5-18/h16-19H,2-15H2,1H3. The Morgan fingerprint density at radius 1 is 0.741 bits per heavy atom. The molecule has 152 valence electrons. The first-order valence-electron chi connectivity index (χ1n) is 11.0. The molecule has 2 aliphatic heterocycles. The van der Waals surface area contributed by atoms with Crippen LogP contribution in [0, 0.1) is 11.8 Å². The number of rotatable bonds is 4. The summed E-state index contributed by atoms with van der Waals surface area (Å²) in [6.07, 6.45) is 9.25. The minimum Gasteiger partial charge on any atom is -0.381 e. The summed E-state index contributed by atoms with van der Waals surface area (Å²) in [5.41, 5.74) is 0. The quantitative estimate of drug-likeness (QED) is 0.749. The van der Waals surface area contributed by atoms with E-state index in [9.17, 15) is 9.59 Å². The van der Waals surface area contributed by atoms with Crippen LogP contribution < -0.4 is 0 Å². The molecule has 0 unspecified atom stereocenters. The molecule has 4 rings (SSSR count). The van der Waals surface area contributed by atoms with Gasteiger partial charge in [0.2, 0.25) is 11.8 Å². The summed E-state index contributed by atoms with van der Waals surface area (Å²) in [6.45, 7) is 5.16. The molecule has 0 bridgehead atoms. The van der Waals surface area contributed by atoms with E-state index < -0.39 is 0 Å². The van der Waals surface area contributed by atoms with Crippen LogP contribution in [0.4, 0.5) is 0 Å². The van der Waals surface area contributed by atoms with E-state index in [-0.39, 0.29) is 23.7 Å². The molecule has 0 aromatic rings. The summed E-state index contributed by atoms with van der Waals surface area (Å²) >= 11 is 0. The zero-order valence-electron chi connectivity index (χ0n) is 16.8. The second kappa shape index (κ2) is 8.48. The first kappa shape index (κ1) is 19.2. The van der Waals surface area contributed by atoms with Crippen molar-refractivity contribution < 1.29 is 14.3 Å². The van der Waals surface area contributed by atoms with Crippen molar-refractivity contribution in [2.45, 2.75) is 63.5 Å². The van der Waals surface area contributed by atoms with Gasteiger partial charge in [0.15, 0.2) is 0 Å². The molecule has 6 heteroatoms. The van der Waals surface area contributed by atoms with Crippen molar-refractivity contribution in [2.75, 3.05) is 46.4 Å². The van der Waals surface area contributed by atoms with Gasteiger partial charge >= 0.3 is 0 Å². The molecule has 2 saturated carbocycles. The Morgan fingerprint density at radius 2 is 1.44 bits per heavy atom. The highest BCUT2D eigenvalue weighted by atomic mass is 16.5. The molecule has 2 saturated heterocycles. The number of methoxy groups -OCH3 is 1. The van der Waals surface area contributed by atoms with Crippen LogP contribution >= 0.6 is 0 Å². The van der Waals surface area contributed by atoms with E-state index in [4.69, 9.17) is 4.74 Å².